The predicted molar refractivity (Wildman–Crippen MR) is 276 cm³/mol. The summed E-state index contributed by atoms with van der Waals surface area (Å²) in [7, 11) is 0. The molecule has 1 aromatic heterocycles. The van der Waals surface area contributed by atoms with Gasteiger partial charge in [-0.05, 0) is 121 Å². The van der Waals surface area contributed by atoms with Crippen LogP contribution >= 0.6 is 0 Å². The first-order valence-electron chi connectivity index (χ1n) is 22.6. The van der Waals surface area contributed by atoms with Crippen LogP contribution in [0.15, 0.2) is 241 Å². The van der Waals surface area contributed by atoms with Crippen LogP contribution in [-0.2, 0) is 0 Å². The van der Waals surface area contributed by atoms with Crippen molar-refractivity contribution < 1.29 is 4.42 Å². The van der Waals surface area contributed by atoms with Crippen LogP contribution in [-0.4, -0.2) is 0 Å². The van der Waals surface area contributed by atoms with Crippen molar-refractivity contribution in [3.8, 4) is 44.5 Å². The second kappa shape index (κ2) is 16.2. The molecule has 12 rings (SSSR count). The second-order valence-electron chi connectivity index (χ2n) is 17.2. The first-order chi connectivity index (χ1) is 32.2. The van der Waals surface area contributed by atoms with Crippen LogP contribution in [0.1, 0.15) is 18.9 Å². The number of furan rings is 1. The van der Waals surface area contributed by atoms with E-state index in [-0.39, 0.29) is 0 Å². The van der Waals surface area contributed by atoms with Gasteiger partial charge in [0, 0.05) is 27.6 Å². The maximum Gasteiger partial charge on any atom is 0.136 e. The van der Waals surface area contributed by atoms with Gasteiger partial charge in [-0.15, -0.1) is 0 Å². The Balaban J connectivity index is 1.08. The number of benzene rings is 10. The highest BCUT2D eigenvalue weighted by Gasteiger charge is 2.24. The summed E-state index contributed by atoms with van der Waals surface area (Å²) in [6.07, 6.45) is 8.10. The first-order valence-corrected chi connectivity index (χ1v) is 22.6. The van der Waals surface area contributed by atoms with E-state index < -0.39 is 0 Å². The first kappa shape index (κ1) is 38.5. The van der Waals surface area contributed by atoms with E-state index in [9.17, 15) is 0 Å². The quantitative estimate of drug-likeness (QED) is 0.152. The van der Waals surface area contributed by atoms with Crippen LogP contribution in [0.3, 0.4) is 0 Å². The summed E-state index contributed by atoms with van der Waals surface area (Å²) >= 11 is 0. The summed E-state index contributed by atoms with van der Waals surface area (Å²) < 4.78 is 6.34. The molecule has 0 spiro atoms. The molecule has 65 heavy (non-hydrogen) atoms. The van der Waals surface area contributed by atoms with Crippen LogP contribution in [0.4, 0.5) is 17.1 Å². The number of nitrogens with zero attached hydrogens (tertiary/aromatic N) is 1. The third kappa shape index (κ3) is 6.83. The minimum atomic E-state index is 0.535. The molecule has 1 heterocycles. The summed E-state index contributed by atoms with van der Waals surface area (Å²) in [5.41, 5.74) is 17.0. The van der Waals surface area contributed by atoms with E-state index >= 15 is 0 Å². The molecule has 0 fully saturated rings. The van der Waals surface area contributed by atoms with Gasteiger partial charge in [-0.3, -0.25) is 0 Å². The summed E-state index contributed by atoms with van der Waals surface area (Å²) in [6.45, 7) is 2.29. The number of para-hydroxylation sites is 3. The molecule has 308 valence electrons. The molecule has 0 N–H and O–H groups in total. The number of hydrogen-bond donors (Lipinski definition) is 0. The third-order valence-electron chi connectivity index (χ3n) is 13.2. The van der Waals surface area contributed by atoms with Crippen molar-refractivity contribution in [2.75, 3.05) is 4.90 Å². The normalized spacial score (nSPS) is 13.7. The Morgan fingerprint density at radius 3 is 1.62 bits per heavy atom. The minimum absolute atomic E-state index is 0.535. The fourth-order valence-corrected chi connectivity index (χ4v) is 10.1. The van der Waals surface area contributed by atoms with Crippen molar-refractivity contribution in [1.82, 2.24) is 0 Å². The van der Waals surface area contributed by atoms with Crippen LogP contribution < -0.4 is 4.90 Å². The zero-order chi connectivity index (χ0) is 43.3. The molecule has 0 amide bonds. The molecule has 11 aromatic rings. The van der Waals surface area contributed by atoms with E-state index in [0.717, 1.165) is 67.7 Å². The summed E-state index contributed by atoms with van der Waals surface area (Å²) in [5.74, 6) is 0.535. The van der Waals surface area contributed by atoms with Gasteiger partial charge < -0.3 is 9.32 Å². The Morgan fingerprint density at radius 1 is 0.415 bits per heavy atom. The molecule has 1 unspecified atom stereocenters. The molecule has 1 aliphatic carbocycles. The second-order valence-corrected chi connectivity index (χ2v) is 17.2. The lowest BCUT2D eigenvalue weighted by Gasteiger charge is -2.31. The zero-order valence-electron chi connectivity index (χ0n) is 36.2. The Labute approximate surface area is 379 Å². The molecular formula is C63H45NO. The van der Waals surface area contributed by atoms with Gasteiger partial charge in [0.2, 0.25) is 0 Å². The van der Waals surface area contributed by atoms with E-state index in [1.54, 1.807) is 0 Å². The van der Waals surface area contributed by atoms with Crippen LogP contribution in [0.5, 0.6) is 0 Å². The van der Waals surface area contributed by atoms with Crippen LogP contribution in [0.25, 0.3) is 93.6 Å². The number of allylic oxidation sites excluding steroid dienone is 4. The largest absolute Gasteiger partial charge is 0.456 e. The summed E-state index contributed by atoms with van der Waals surface area (Å²) in [6, 6.07) is 79.4. The molecule has 1 aliphatic rings. The lowest BCUT2D eigenvalue weighted by Crippen LogP contribution is -2.12. The van der Waals surface area contributed by atoms with Crippen LogP contribution in [0, 0.1) is 5.92 Å². The Hall–Kier alpha value is -8.20. The topological polar surface area (TPSA) is 16.4 Å². The van der Waals surface area contributed by atoms with E-state index in [0.29, 0.717) is 5.92 Å². The van der Waals surface area contributed by atoms with Gasteiger partial charge >= 0.3 is 0 Å². The number of fused-ring (bicyclic) bond motifs is 5. The molecule has 0 aliphatic heterocycles. The molecule has 0 saturated carbocycles. The highest BCUT2D eigenvalue weighted by atomic mass is 16.3. The van der Waals surface area contributed by atoms with Gasteiger partial charge in [0.25, 0.3) is 0 Å². The molecule has 1 atom stereocenters. The standard InChI is InChI=1S/C63H45NO/c1-42-31-33-45(34-32-42)51-25-12-18-47-20-14-27-57(63(47)51)53-22-6-9-29-59(53)64(49-38-35-43(36-39-49)48-37-40-55-54-23-7-10-30-60(54)65-61(55)41-48)58-28-8-5-21-52(58)56-26-13-19-46-17-11-24-50(62(46)56)44-15-3-2-4-16-44/h2-31,33-42H,32H2,1H3. The lowest BCUT2D eigenvalue weighted by molar-refractivity contribution is 0.669. The fraction of sp³-hybridized carbons (Fsp3) is 0.0476. The summed E-state index contributed by atoms with van der Waals surface area (Å²) in [5, 5.41) is 7.20. The molecule has 0 saturated heterocycles. The Kier molecular flexibility index (Phi) is 9.57. The molecule has 2 heteroatoms. The van der Waals surface area contributed by atoms with Crippen LogP contribution in [0.2, 0.25) is 0 Å². The highest BCUT2D eigenvalue weighted by Crippen LogP contribution is 2.49. The molecular weight excluding hydrogens is 787 g/mol. The maximum atomic E-state index is 6.34. The van der Waals surface area contributed by atoms with Crippen molar-refractivity contribution in [3.05, 3.63) is 242 Å². The van der Waals surface area contributed by atoms with Crippen molar-refractivity contribution in [3.63, 3.8) is 0 Å². The van der Waals surface area contributed by atoms with Crippen molar-refractivity contribution in [2.24, 2.45) is 5.92 Å². The van der Waals surface area contributed by atoms with E-state index in [1.165, 1.54) is 54.9 Å². The van der Waals surface area contributed by atoms with E-state index in [4.69, 9.17) is 4.42 Å². The summed E-state index contributed by atoms with van der Waals surface area (Å²) in [4.78, 5) is 2.48. The fourth-order valence-electron chi connectivity index (χ4n) is 10.1. The van der Waals surface area contributed by atoms with Crippen molar-refractivity contribution >= 4 is 66.1 Å². The maximum absolute atomic E-state index is 6.34. The monoisotopic (exact) mass is 831 g/mol. The van der Waals surface area contributed by atoms with Gasteiger partial charge in [-0.2, -0.15) is 0 Å². The van der Waals surface area contributed by atoms with Gasteiger partial charge in [0.05, 0.1) is 11.4 Å². The van der Waals surface area contributed by atoms with Gasteiger partial charge in [0.15, 0.2) is 0 Å². The minimum Gasteiger partial charge on any atom is -0.456 e. The van der Waals surface area contributed by atoms with E-state index in [2.05, 4.69) is 236 Å². The predicted octanol–water partition coefficient (Wildman–Crippen LogP) is 18.0. The lowest BCUT2D eigenvalue weighted by atomic mass is 9.87. The van der Waals surface area contributed by atoms with E-state index in [1.807, 2.05) is 12.1 Å². The third-order valence-corrected chi connectivity index (χ3v) is 13.2. The average molecular weight is 832 g/mol. The molecule has 2 nitrogen and oxygen atoms in total. The van der Waals surface area contributed by atoms with Crippen molar-refractivity contribution in [1.29, 1.82) is 0 Å². The Bertz CT molecular complexity index is 3640. The SMILES string of the molecule is CC1C=CC(c2cccc3cccc(-c4ccccc4N(c4ccc(-c5ccc6c(c5)oc5ccccc56)cc4)c4ccccc4-c4cccc5cccc(-c6ccccc6)c45)c23)=CC1. The Morgan fingerprint density at radius 2 is 0.954 bits per heavy atom. The average Bonchev–Trinajstić information content (AvgIpc) is 3.75. The molecule has 0 bridgehead atoms. The zero-order valence-corrected chi connectivity index (χ0v) is 36.2. The number of hydrogen-bond acceptors (Lipinski definition) is 2. The smallest absolute Gasteiger partial charge is 0.136 e. The highest BCUT2D eigenvalue weighted by molar-refractivity contribution is 6.11. The van der Waals surface area contributed by atoms with Crippen molar-refractivity contribution in [2.45, 2.75) is 13.3 Å². The number of anilines is 3. The molecule has 0 radical (unpaired) electrons. The molecule has 10 aromatic carbocycles. The van der Waals surface area contributed by atoms with Gasteiger partial charge in [-0.1, -0.05) is 201 Å². The van der Waals surface area contributed by atoms with Gasteiger partial charge in [-0.25, -0.2) is 0 Å². The number of rotatable bonds is 8. The van der Waals surface area contributed by atoms with Gasteiger partial charge in [0.1, 0.15) is 11.2 Å².